The number of hydrogen-bond acceptors (Lipinski definition) is 3. The summed E-state index contributed by atoms with van der Waals surface area (Å²) in [6.45, 7) is 1.19. The van der Waals surface area contributed by atoms with Crippen molar-refractivity contribution in [2.24, 2.45) is 4.99 Å². The zero-order valence-corrected chi connectivity index (χ0v) is 16.0. The molecule has 0 saturated carbocycles. The van der Waals surface area contributed by atoms with Crippen LogP contribution in [-0.4, -0.2) is 32.0 Å². The molecule has 2 rings (SSSR count). The van der Waals surface area contributed by atoms with Gasteiger partial charge in [-0.15, -0.1) is 0 Å². The average Bonchev–Trinajstić information content (AvgIpc) is 3.14. The Bertz CT molecular complexity index is 733. The van der Waals surface area contributed by atoms with Crippen molar-refractivity contribution >= 4 is 35.1 Å². The molecule has 0 aliphatic heterocycles. The number of guanidine groups is 1. The summed E-state index contributed by atoms with van der Waals surface area (Å²) in [5.41, 5.74) is 1.05. The van der Waals surface area contributed by atoms with E-state index in [2.05, 4.69) is 20.9 Å². The summed E-state index contributed by atoms with van der Waals surface area (Å²) >= 11 is 12.0. The fraction of sp³-hybridized carbons (Fsp3) is 0.333. The van der Waals surface area contributed by atoms with Gasteiger partial charge in [0.2, 0.25) is 5.91 Å². The number of aliphatic imine (C=N–C) groups is 1. The molecular weight excluding hydrogens is 375 g/mol. The van der Waals surface area contributed by atoms with Crippen LogP contribution >= 0.6 is 23.2 Å². The number of nitrogens with zero attached hydrogens (tertiary/aromatic N) is 1. The zero-order valence-electron chi connectivity index (χ0n) is 14.5. The van der Waals surface area contributed by atoms with E-state index in [9.17, 15) is 4.79 Å². The van der Waals surface area contributed by atoms with E-state index in [-0.39, 0.29) is 12.5 Å². The summed E-state index contributed by atoms with van der Waals surface area (Å²) in [6, 6.07) is 9.09. The lowest BCUT2D eigenvalue weighted by Gasteiger charge is -2.12. The smallest absolute Gasteiger partial charge is 0.239 e. The zero-order chi connectivity index (χ0) is 18.8. The fourth-order valence-corrected chi connectivity index (χ4v) is 2.76. The van der Waals surface area contributed by atoms with E-state index < -0.39 is 0 Å². The third-order valence-electron chi connectivity index (χ3n) is 3.61. The minimum Gasteiger partial charge on any atom is -0.467 e. The Balaban J connectivity index is 1.63. The predicted octanol–water partition coefficient (Wildman–Crippen LogP) is 3.00. The largest absolute Gasteiger partial charge is 0.467 e. The number of nitrogens with one attached hydrogen (secondary N) is 3. The second-order valence-electron chi connectivity index (χ2n) is 5.55. The first-order valence-electron chi connectivity index (χ1n) is 8.26. The topological polar surface area (TPSA) is 78.7 Å². The second-order valence-corrected chi connectivity index (χ2v) is 6.39. The monoisotopic (exact) mass is 396 g/mol. The number of hydrogen-bond donors (Lipinski definition) is 3. The lowest BCUT2D eigenvalue weighted by molar-refractivity contribution is -0.120. The van der Waals surface area contributed by atoms with Gasteiger partial charge in [-0.1, -0.05) is 29.3 Å². The van der Waals surface area contributed by atoms with Crippen molar-refractivity contribution in [1.82, 2.24) is 16.0 Å². The molecule has 1 aromatic heterocycles. The lowest BCUT2D eigenvalue weighted by Crippen LogP contribution is -2.43. The Morgan fingerprint density at radius 2 is 2.04 bits per heavy atom. The van der Waals surface area contributed by atoms with E-state index in [1.54, 1.807) is 31.5 Å². The molecule has 0 bridgehead atoms. The maximum atomic E-state index is 11.8. The minimum atomic E-state index is -0.141. The van der Waals surface area contributed by atoms with Gasteiger partial charge in [-0.3, -0.25) is 9.79 Å². The predicted molar refractivity (Wildman–Crippen MR) is 105 cm³/mol. The molecule has 1 aromatic carbocycles. The van der Waals surface area contributed by atoms with Gasteiger partial charge < -0.3 is 20.4 Å². The number of aryl methyl sites for hydroxylation is 1. The van der Waals surface area contributed by atoms with Crippen molar-refractivity contribution in [3.63, 3.8) is 0 Å². The van der Waals surface area contributed by atoms with Gasteiger partial charge in [0.1, 0.15) is 5.76 Å². The van der Waals surface area contributed by atoms with E-state index in [0.717, 1.165) is 18.4 Å². The highest BCUT2D eigenvalue weighted by Gasteiger charge is 2.05. The van der Waals surface area contributed by atoms with E-state index in [0.29, 0.717) is 34.9 Å². The molecule has 0 aliphatic carbocycles. The van der Waals surface area contributed by atoms with Crippen molar-refractivity contribution in [1.29, 1.82) is 0 Å². The summed E-state index contributed by atoms with van der Waals surface area (Å²) in [4.78, 5) is 15.9. The molecule has 1 amide bonds. The highest BCUT2D eigenvalue weighted by Crippen LogP contribution is 2.21. The molecule has 0 saturated heterocycles. The molecule has 140 valence electrons. The number of furan rings is 1. The summed E-state index contributed by atoms with van der Waals surface area (Å²) in [5.74, 6) is 1.14. The fourth-order valence-electron chi connectivity index (χ4n) is 2.26. The maximum Gasteiger partial charge on any atom is 0.239 e. The van der Waals surface area contributed by atoms with Crippen LogP contribution in [-0.2, 0) is 17.8 Å². The van der Waals surface area contributed by atoms with Gasteiger partial charge in [-0.25, -0.2) is 0 Å². The van der Waals surface area contributed by atoms with Crippen LogP contribution in [0.5, 0.6) is 0 Å². The molecule has 0 unspecified atom stereocenters. The van der Waals surface area contributed by atoms with Crippen LogP contribution in [0.25, 0.3) is 0 Å². The summed E-state index contributed by atoms with van der Waals surface area (Å²) < 4.78 is 5.16. The molecule has 26 heavy (non-hydrogen) atoms. The summed E-state index contributed by atoms with van der Waals surface area (Å²) in [6.07, 6.45) is 3.26. The lowest BCUT2D eigenvalue weighted by atomic mass is 10.1. The second kappa shape index (κ2) is 10.7. The van der Waals surface area contributed by atoms with Crippen LogP contribution in [0.3, 0.4) is 0 Å². The van der Waals surface area contributed by atoms with Crippen molar-refractivity contribution in [2.45, 2.75) is 19.4 Å². The summed E-state index contributed by atoms with van der Waals surface area (Å²) in [5, 5.41) is 10.2. The third-order valence-corrected chi connectivity index (χ3v) is 4.20. The normalized spacial score (nSPS) is 11.3. The molecule has 3 N–H and O–H groups in total. The average molecular weight is 397 g/mol. The summed E-state index contributed by atoms with van der Waals surface area (Å²) in [7, 11) is 1.66. The Kier molecular flexibility index (Phi) is 8.31. The number of halogens is 2. The minimum absolute atomic E-state index is 0.128. The number of rotatable bonds is 8. The molecular formula is C18H22Cl2N4O2. The highest BCUT2D eigenvalue weighted by atomic mass is 35.5. The SMILES string of the molecule is CN=C(NCCCc1ccc(Cl)cc1Cl)NCC(=O)NCc1ccco1. The van der Waals surface area contributed by atoms with Gasteiger partial charge in [0, 0.05) is 23.6 Å². The van der Waals surface area contributed by atoms with Crippen LogP contribution < -0.4 is 16.0 Å². The third kappa shape index (κ3) is 6.98. The molecule has 0 spiro atoms. The molecule has 0 atom stereocenters. The Hall–Kier alpha value is -2.18. The van der Waals surface area contributed by atoms with Crippen LogP contribution in [0.2, 0.25) is 10.0 Å². The molecule has 0 radical (unpaired) electrons. The quantitative estimate of drug-likeness (QED) is 0.364. The van der Waals surface area contributed by atoms with Gasteiger partial charge in [-0.05, 0) is 42.7 Å². The molecule has 2 aromatic rings. The molecule has 6 nitrogen and oxygen atoms in total. The number of carbonyl (C=O) groups excluding carboxylic acids is 1. The van der Waals surface area contributed by atoms with Crippen molar-refractivity contribution in [3.8, 4) is 0 Å². The Morgan fingerprint density at radius 1 is 1.19 bits per heavy atom. The maximum absolute atomic E-state index is 11.8. The van der Waals surface area contributed by atoms with Gasteiger partial charge in [0.15, 0.2) is 5.96 Å². The van der Waals surface area contributed by atoms with E-state index in [1.807, 2.05) is 12.1 Å². The van der Waals surface area contributed by atoms with Crippen molar-refractivity contribution < 1.29 is 9.21 Å². The van der Waals surface area contributed by atoms with E-state index >= 15 is 0 Å². The van der Waals surface area contributed by atoms with E-state index in [1.165, 1.54) is 0 Å². The number of benzene rings is 1. The van der Waals surface area contributed by atoms with Gasteiger partial charge in [0.25, 0.3) is 0 Å². The standard InChI is InChI=1S/C18H22Cl2N4O2/c1-21-18(24-12-17(25)23-11-15-5-3-9-26-15)22-8-2-4-13-6-7-14(19)10-16(13)20/h3,5-7,9-10H,2,4,8,11-12H2,1H3,(H,23,25)(H2,21,22,24). The molecule has 8 heteroatoms. The van der Waals surface area contributed by atoms with Crippen LogP contribution in [0, 0.1) is 0 Å². The van der Waals surface area contributed by atoms with Crippen LogP contribution in [0.15, 0.2) is 46.0 Å². The van der Waals surface area contributed by atoms with Crippen LogP contribution in [0.4, 0.5) is 0 Å². The van der Waals surface area contributed by atoms with Crippen LogP contribution in [0.1, 0.15) is 17.7 Å². The first kappa shape index (κ1) is 20.1. The first-order valence-corrected chi connectivity index (χ1v) is 9.01. The van der Waals surface area contributed by atoms with Crippen molar-refractivity contribution in [2.75, 3.05) is 20.1 Å². The Morgan fingerprint density at radius 3 is 2.73 bits per heavy atom. The van der Waals surface area contributed by atoms with Gasteiger partial charge in [0.05, 0.1) is 19.4 Å². The molecule has 0 fully saturated rings. The van der Waals surface area contributed by atoms with Crippen molar-refractivity contribution in [3.05, 3.63) is 58.0 Å². The molecule has 0 aliphatic rings. The molecule has 1 heterocycles. The van der Waals surface area contributed by atoms with E-state index in [4.69, 9.17) is 27.6 Å². The number of amides is 1. The Labute approximate surface area is 163 Å². The number of carbonyl (C=O) groups is 1. The van der Waals surface area contributed by atoms with Gasteiger partial charge in [-0.2, -0.15) is 0 Å². The van der Waals surface area contributed by atoms with Gasteiger partial charge >= 0.3 is 0 Å². The highest BCUT2D eigenvalue weighted by molar-refractivity contribution is 6.35. The first-order chi connectivity index (χ1) is 12.6.